The molecule has 0 saturated carbocycles. The van der Waals surface area contributed by atoms with E-state index in [-0.39, 0.29) is 23.1 Å². The predicted octanol–water partition coefficient (Wildman–Crippen LogP) is 2.20. The maximum atomic E-state index is 10.7. The van der Waals surface area contributed by atoms with Gasteiger partial charge in [-0.05, 0) is 12.1 Å². The van der Waals surface area contributed by atoms with Crippen LogP contribution >= 0.6 is 22.3 Å². The predicted molar refractivity (Wildman–Crippen MR) is 63.2 cm³/mol. The van der Waals surface area contributed by atoms with Gasteiger partial charge in [-0.15, -0.1) is 0 Å². The van der Waals surface area contributed by atoms with E-state index in [2.05, 4.69) is 0 Å². The lowest BCUT2D eigenvalue weighted by molar-refractivity contribution is -0.385. The lowest BCUT2D eigenvalue weighted by Crippen LogP contribution is -2.09. The fourth-order valence-corrected chi connectivity index (χ4v) is 1.64. The van der Waals surface area contributed by atoms with E-state index < -0.39 is 19.7 Å². The lowest BCUT2D eigenvalue weighted by atomic mass is 10.3. The summed E-state index contributed by atoms with van der Waals surface area (Å²) in [6, 6.07) is 3.81. The summed E-state index contributed by atoms with van der Waals surface area (Å²) in [5, 5.41) is 10.8. The molecule has 0 aliphatic carbocycles. The van der Waals surface area contributed by atoms with Gasteiger partial charge in [0.1, 0.15) is 6.61 Å². The summed E-state index contributed by atoms with van der Waals surface area (Å²) in [6.07, 6.45) is 0. The third-order valence-corrected chi connectivity index (χ3v) is 3.05. The topological polar surface area (TPSA) is 86.5 Å². The second kappa shape index (κ2) is 5.52. The number of nitrogens with zero attached hydrogens (tertiary/aromatic N) is 1. The van der Waals surface area contributed by atoms with Crippen molar-refractivity contribution in [1.29, 1.82) is 0 Å². The quantitative estimate of drug-likeness (QED) is 0.472. The average molecular weight is 300 g/mol. The van der Waals surface area contributed by atoms with Gasteiger partial charge in [-0.1, -0.05) is 11.6 Å². The molecular weight excluding hydrogens is 293 g/mol. The average Bonchev–Trinajstić information content (AvgIpc) is 2.18. The second-order valence-electron chi connectivity index (χ2n) is 2.96. The van der Waals surface area contributed by atoms with Crippen LogP contribution in [0, 0.1) is 10.1 Å². The standard InChI is InChI=1S/C8H7Cl2NO5S/c9-6-1-2-8(7(5-6)11(12)13)16-3-4-17(10,14)15/h1-2,5H,3-4H2. The largest absolute Gasteiger partial charge is 0.486 e. The van der Waals surface area contributed by atoms with Gasteiger partial charge in [-0.2, -0.15) is 0 Å². The molecule has 0 bridgehead atoms. The number of hydrogen-bond donors (Lipinski definition) is 0. The van der Waals surface area contributed by atoms with E-state index in [1.54, 1.807) is 0 Å². The zero-order valence-electron chi connectivity index (χ0n) is 8.30. The molecule has 0 spiro atoms. The fraction of sp³-hybridized carbons (Fsp3) is 0.250. The minimum absolute atomic E-state index is 0.0558. The third-order valence-electron chi connectivity index (χ3n) is 1.70. The molecule has 0 atom stereocenters. The van der Waals surface area contributed by atoms with Crippen LogP contribution in [0.1, 0.15) is 0 Å². The first-order valence-electron chi connectivity index (χ1n) is 4.28. The van der Waals surface area contributed by atoms with Gasteiger partial charge >= 0.3 is 5.69 Å². The number of benzene rings is 1. The molecule has 94 valence electrons. The molecule has 1 rings (SSSR count). The number of halogens is 2. The number of ether oxygens (including phenoxy) is 1. The Morgan fingerprint density at radius 3 is 2.59 bits per heavy atom. The van der Waals surface area contributed by atoms with Crippen molar-refractivity contribution in [2.24, 2.45) is 0 Å². The van der Waals surface area contributed by atoms with Crippen molar-refractivity contribution in [2.45, 2.75) is 0 Å². The molecule has 0 amide bonds. The van der Waals surface area contributed by atoms with Crippen molar-refractivity contribution >= 4 is 37.0 Å². The van der Waals surface area contributed by atoms with Gasteiger partial charge in [0.15, 0.2) is 5.75 Å². The highest BCUT2D eigenvalue weighted by molar-refractivity contribution is 8.13. The Morgan fingerprint density at radius 2 is 2.06 bits per heavy atom. The van der Waals surface area contributed by atoms with Crippen LogP contribution < -0.4 is 4.74 Å². The van der Waals surface area contributed by atoms with E-state index >= 15 is 0 Å². The molecule has 0 fully saturated rings. The number of rotatable bonds is 5. The third kappa shape index (κ3) is 4.76. The summed E-state index contributed by atoms with van der Waals surface area (Å²) in [7, 11) is 1.28. The molecule has 1 aromatic carbocycles. The lowest BCUT2D eigenvalue weighted by Gasteiger charge is -2.05. The zero-order chi connectivity index (χ0) is 13.1. The van der Waals surface area contributed by atoms with Crippen LogP contribution in [0.5, 0.6) is 5.75 Å². The van der Waals surface area contributed by atoms with Crippen molar-refractivity contribution in [2.75, 3.05) is 12.4 Å². The smallest absolute Gasteiger partial charge is 0.312 e. The minimum atomic E-state index is -3.68. The van der Waals surface area contributed by atoms with Gasteiger partial charge < -0.3 is 4.74 Å². The zero-order valence-corrected chi connectivity index (χ0v) is 10.6. The van der Waals surface area contributed by atoms with Gasteiger partial charge in [0, 0.05) is 21.8 Å². The van der Waals surface area contributed by atoms with Crippen LogP contribution in [0.4, 0.5) is 5.69 Å². The molecule has 0 N–H and O–H groups in total. The highest BCUT2D eigenvalue weighted by atomic mass is 35.7. The summed E-state index contributed by atoms with van der Waals surface area (Å²) in [4.78, 5) is 9.99. The van der Waals surface area contributed by atoms with Crippen LogP contribution in [0.2, 0.25) is 5.02 Å². The Bertz CT molecular complexity index is 531. The maximum Gasteiger partial charge on any atom is 0.312 e. The van der Waals surface area contributed by atoms with Crippen LogP contribution in [-0.4, -0.2) is 25.7 Å². The molecule has 0 heterocycles. The van der Waals surface area contributed by atoms with Crippen molar-refractivity contribution in [1.82, 2.24) is 0 Å². The van der Waals surface area contributed by atoms with Crippen LogP contribution in [-0.2, 0) is 9.05 Å². The molecule has 0 aromatic heterocycles. The van der Waals surface area contributed by atoms with Gasteiger partial charge in [0.05, 0.1) is 10.7 Å². The first kappa shape index (κ1) is 14.0. The first-order chi connectivity index (χ1) is 7.79. The van der Waals surface area contributed by atoms with E-state index in [0.717, 1.165) is 6.07 Å². The van der Waals surface area contributed by atoms with Gasteiger partial charge in [0.2, 0.25) is 9.05 Å². The van der Waals surface area contributed by atoms with Gasteiger partial charge in [-0.25, -0.2) is 8.42 Å². The van der Waals surface area contributed by atoms with Gasteiger partial charge in [0.25, 0.3) is 0 Å². The van der Waals surface area contributed by atoms with E-state index in [4.69, 9.17) is 27.0 Å². The summed E-state index contributed by atoms with van der Waals surface area (Å²) >= 11 is 5.59. The highest BCUT2D eigenvalue weighted by Gasteiger charge is 2.16. The monoisotopic (exact) mass is 299 g/mol. The number of nitro benzene ring substituents is 1. The molecule has 9 heteroatoms. The van der Waals surface area contributed by atoms with Crippen LogP contribution in [0.15, 0.2) is 18.2 Å². The summed E-state index contributed by atoms with van der Waals surface area (Å²) in [5.74, 6) is -0.492. The molecule has 0 radical (unpaired) electrons. The van der Waals surface area contributed by atoms with Crippen LogP contribution in [0.3, 0.4) is 0 Å². The molecule has 0 aliphatic heterocycles. The molecule has 6 nitrogen and oxygen atoms in total. The van der Waals surface area contributed by atoms with Crippen molar-refractivity contribution in [3.8, 4) is 5.75 Å². The number of hydrogen-bond acceptors (Lipinski definition) is 5. The highest BCUT2D eigenvalue weighted by Crippen LogP contribution is 2.29. The molecular formula is C8H7Cl2NO5S. The number of nitro groups is 1. The minimum Gasteiger partial charge on any atom is -0.486 e. The van der Waals surface area contributed by atoms with E-state index in [9.17, 15) is 18.5 Å². The SMILES string of the molecule is O=[N+]([O-])c1cc(Cl)ccc1OCCS(=O)(=O)Cl. The first-order valence-corrected chi connectivity index (χ1v) is 7.14. The Kier molecular flexibility index (Phi) is 4.55. The molecule has 0 unspecified atom stereocenters. The van der Waals surface area contributed by atoms with Crippen molar-refractivity contribution in [3.05, 3.63) is 33.3 Å². The Hall–Kier alpha value is -1.05. The Morgan fingerprint density at radius 1 is 1.41 bits per heavy atom. The van der Waals surface area contributed by atoms with E-state index in [1.165, 1.54) is 12.1 Å². The van der Waals surface area contributed by atoms with E-state index in [0.29, 0.717) is 0 Å². The van der Waals surface area contributed by atoms with Gasteiger partial charge in [-0.3, -0.25) is 10.1 Å². The van der Waals surface area contributed by atoms with Crippen molar-refractivity contribution in [3.63, 3.8) is 0 Å². The molecule has 17 heavy (non-hydrogen) atoms. The second-order valence-corrected chi connectivity index (χ2v) is 6.29. The molecule has 0 saturated heterocycles. The van der Waals surface area contributed by atoms with Crippen molar-refractivity contribution < 1.29 is 18.1 Å². The Balaban J connectivity index is 2.81. The Labute approximate surface area is 107 Å². The molecule has 1 aromatic rings. The summed E-state index contributed by atoms with van der Waals surface area (Å²) < 4.78 is 26.2. The van der Waals surface area contributed by atoms with Crippen LogP contribution in [0.25, 0.3) is 0 Å². The summed E-state index contributed by atoms with van der Waals surface area (Å²) in [5.41, 5.74) is -0.329. The summed E-state index contributed by atoms with van der Waals surface area (Å²) in [6.45, 7) is -0.270. The normalized spacial score (nSPS) is 11.2. The molecule has 0 aliphatic rings. The fourth-order valence-electron chi connectivity index (χ4n) is 1.01. The van der Waals surface area contributed by atoms with E-state index in [1.807, 2.05) is 0 Å². The maximum absolute atomic E-state index is 10.7.